The second kappa shape index (κ2) is 10.1. The molecule has 0 atom stereocenters. The average molecular weight is 501 g/mol. The molecule has 1 aromatic heterocycles. The van der Waals surface area contributed by atoms with E-state index in [2.05, 4.69) is 24.0 Å². The maximum atomic E-state index is 13.6. The Morgan fingerprint density at radius 2 is 1.74 bits per heavy atom. The summed E-state index contributed by atoms with van der Waals surface area (Å²) in [4.78, 5) is 22.5. The van der Waals surface area contributed by atoms with Crippen LogP contribution in [-0.4, -0.2) is 68.8 Å². The number of rotatable bonds is 8. The van der Waals surface area contributed by atoms with Gasteiger partial charge in [0.1, 0.15) is 0 Å². The zero-order valence-electron chi connectivity index (χ0n) is 20.2. The Hall–Kier alpha value is -2.33. The summed E-state index contributed by atoms with van der Waals surface area (Å²) in [5, 5.41) is 0.668. The normalized spacial score (nSPS) is 14.9. The van der Waals surface area contributed by atoms with Crippen LogP contribution < -0.4 is 4.90 Å². The number of benzene rings is 2. The van der Waals surface area contributed by atoms with E-state index in [9.17, 15) is 13.2 Å². The van der Waals surface area contributed by atoms with Crippen LogP contribution in [-0.2, 0) is 10.0 Å². The van der Waals surface area contributed by atoms with E-state index in [4.69, 9.17) is 4.98 Å². The molecular formula is C25H32N4O3S2. The number of hydrogen-bond acceptors (Lipinski definition) is 6. The van der Waals surface area contributed by atoms with Gasteiger partial charge in [0, 0.05) is 25.2 Å². The van der Waals surface area contributed by atoms with Gasteiger partial charge in [-0.25, -0.2) is 13.4 Å². The molecule has 0 N–H and O–H groups in total. The lowest BCUT2D eigenvalue weighted by molar-refractivity contribution is 0.0986. The lowest BCUT2D eigenvalue weighted by atomic mass is 10.1. The minimum atomic E-state index is -3.51. The van der Waals surface area contributed by atoms with E-state index in [1.807, 2.05) is 21.0 Å². The highest BCUT2D eigenvalue weighted by atomic mass is 32.2. The summed E-state index contributed by atoms with van der Waals surface area (Å²) < 4.78 is 28.3. The first-order valence-electron chi connectivity index (χ1n) is 11.6. The van der Waals surface area contributed by atoms with E-state index >= 15 is 0 Å². The van der Waals surface area contributed by atoms with Crippen molar-refractivity contribution in [3.63, 3.8) is 0 Å². The Balaban J connectivity index is 1.63. The van der Waals surface area contributed by atoms with Crippen molar-refractivity contribution in [2.75, 3.05) is 45.2 Å². The predicted molar refractivity (Wildman–Crippen MR) is 138 cm³/mol. The number of carbonyl (C=O) groups excluding carboxylic acids is 1. The Kier molecular flexibility index (Phi) is 7.37. The molecule has 4 rings (SSSR count). The molecule has 2 heterocycles. The summed E-state index contributed by atoms with van der Waals surface area (Å²) in [5.74, 6) is -0.169. The zero-order valence-corrected chi connectivity index (χ0v) is 21.9. The highest BCUT2D eigenvalue weighted by Gasteiger charge is 2.28. The maximum Gasteiger partial charge on any atom is 0.260 e. The molecule has 1 amide bonds. The van der Waals surface area contributed by atoms with Crippen LogP contribution in [0.1, 0.15) is 40.7 Å². The van der Waals surface area contributed by atoms with Crippen LogP contribution in [0.25, 0.3) is 10.2 Å². The van der Waals surface area contributed by atoms with Crippen LogP contribution in [0.4, 0.5) is 5.13 Å². The quantitative estimate of drug-likeness (QED) is 0.461. The second-order valence-corrected chi connectivity index (χ2v) is 12.1. The third-order valence-electron chi connectivity index (χ3n) is 6.09. The molecule has 1 aliphatic rings. The summed E-state index contributed by atoms with van der Waals surface area (Å²) in [7, 11) is 0.508. The van der Waals surface area contributed by atoms with Crippen molar-refractivity contribution in [1.29, 1.82) is 0 Å². The van der Waals surface area contributed by atoms with Crippen molar-refractivity contribution in [2.45, 2.75) is 38.0 Å². The number of carbonyl (C=O) groups is 1. The highest BCUT2D eigenvalue weighted by molar-refractivity contribution is 7.89. The Labute approximate surface area is 206 Å². The van der Waals surface area contributed by atoms with E-state index in [-0.39, 0.29) is 10.8 Å². The summed E-state index contributed by atoms with van der Waals surface area (Å²) in [6, 6.07) is 10.5. The van der Waals surface area contributed by atoms with Gasteiger partial charge in [-0.2, -0.15) is 4.31 Å². The number of hydrogen-bond donors (Lipinski definition) is 0. The number of nitrogens with zero attached hydrogens (tertiary/aromatic N) is 4. The molecule has 182 valence electrons. The van der Waals surface area contributed by atoms with Crippen LogP contribution in [0.3, 0.4) is 0 Å². The first-order chi connectivity index (χ1) is 16.2. The van der Waals surface area contributed by atoms with Gasteiger partial charge in [-0.15, -0.1) is 0 Å². The van der Waals surface area contributed by atoms with Crippen LogP contribution in [0, 0.1) is 13.8 Å². The van der Waals surface area contributed by atoms with Gasteiger partial charge in [-0.05, 0) is 95.2 Å². The molecule has 0 radical (unpaired) electrons. The van der Waals surface area contributed by atoms with Gasteiger partial charge in [0.15, 0.2) is 5.13 Å². The molecular weight excluding hydrogens is 468 g/mol. The van der Waals surface area contributed by atoms with Crippen LogP contribution in [0.2, 0.25) is 0 Å². The molecule has 34 heavy (non-hydrogen) atoms. The lowest BCUT2D eigenvalue weighted by Crippen LogP contribution is -2.33. The van der Waals surface area contributed by atoms with Crippen molar-refractivity contribution < 1.29 is 13.2 Å². The molecule has 3 aromatic rings. The molecule has 1 fully saturated rings. The van der Waals surface area contributed by atoms with Gasteiger partial charge in [0.25, 0.3) is 5.91 Å². The van der Waals surface area contributed by atoms with E-state index < -0.39 is 10.0 Å². The smallest absolute Gasteiger partial charge is 0.260 e. The molecule has 0 saturated carbocycles. The number of anilines is 1. The molecule has 0 unspecified atom stereocenters. The number of sulfonamides is 1. The van der Waals surface area contributed by atoms with Crippen molar-refractivity contribution in [3.8, 4) is 0 Å². The lowest BCUT2D eigenvalue weighted by Gasteiger charge is -2.21. The fourth-order valence-electron chi connectivity index (χ4n) is 4.31. The summed E-state index contributed by atoms with van der Waals surface area (Å²) in [5.41, 5.74) is 3.63. The minimum absolute atomic E-state index is 0.169. The van der Waals surface area contributed by atoms with Gasteiger partial charge in [0.05, 0.1) is 15.1 Å². The fraction of sp³-hybridized carbons (Fsp3) is 0.440. The molecule has 1 saturated heterocycles. The topological polar surface area (TPSA) is 73.8 Å². The maximum absolute atomic E-state index is 13.6. The molecule has 9 heteroatoms. The van der Waals surface area contributed by atoms with Crippen LogP contribution in [0.15, 0.2) is 41.3 Å². The SMILES string of the molecule is Cc1cc(C)c2nc(N(CCCN(C)C)C(=O)c3ccc(S(=O)(=O)N4CCCC4)cc3)sc2c1. The van der Waals surface area contributed by atoms with E-state index in [0.717, 1.165) is 41.6 Å². The second-order valence-electron chi connectivity index (χ2n) is 9.17. The van der Waals surface area contributed by atoms with Gasteiger partial charge in [-0.1, -0.05) is 17.4 Å². The number of aromatic nitrogens is 1. The van der Waals surface area contributed by atoms with Crippen LogP contribution >= 0.6 is 11.3 Å². The van der Waals surface area contributed by atoms with Gasteiger partial charge in [0.2, 0.25) is 10.0 Å². The van der Waals surface area contributed by atoms with E-state index in [1.54, 1.807) is 29.2 Å². The number of amides is 1. The Morgan fingerprint density at radius 1 is 1.06 bits per heavy atom. The van der Waals surface area contributed by atoms with E-state index in [1.165, 1.54) is 21.2 Å². The van der Waals surface area contributed by atoms with Crippen molar-refractivity contribution in [2.24, 2.45) is 0 Å². The Bertz CT molecular complexity index is 1280. The standard InChI is InChI=1S/C25H32N4O3S2/c1-18-16-19(2)23-22(17-18)33-25(26-23)29(15-7-12-27(3)4)24(30)20-8-10-21(11-9-20)34(31,32)28-13-5-6-14-28/h8-11,16-17H,5-7,12-15H2,1-4H3. The molecule has 0 spiro atoms. The first kappa shape index (κ1) is 24.8. The molecule has 2 aromatic carbocycles. The Morgan fingerprint density at radius 3 is 2.38 bits per heavy atom. The number of fused-ring (bicyclic) bond motifs is 1. The van der Waals surface area contributed by atoms with Crippen molar-refractivity contribution >= 4 is 42.6 Å². The molecule has 7 nitrogen and oxygen atoms in total. The third kappa shape index (κ3) is 5.17. The molecule has 0 bridgehead atoms. The third-order valence-corrected chi connectivity index (χ3v) is 9.02. The number of aryl methyl sites for hydroxylation is 2. The van der Waals surface area contributed by atoms with Gasteiger partial charge < -0.3 is 4.90 Å². The monoisotopic (exact) mass is 500 g/mol. The summed E-state index contributed by atoms with van der Waals surface area (Å²) in [6.07, 6.45) is 2.58. The average Bonchev–Trinajstić information content (AvgIpc) is 3.47. The summed E-state index contributed by atoms with van der Waals surface area (Å²) >= 11 is 1.52. The van der Waals surface area contributed by atoms with Gasteiger partial charge >= 0.3 is 0 Å². The van der Waals surface area contributed by atoms with Crippen LogP contribution in [0.5, 0.6) is 0 Å². The summed E-state index contributed by atoms with van der Waals surface area (Å²) in [6.45, 7) is 6.58. The van der Waals surface area contributed by atoms with E-state index in [0.29, 0.717) is 30.3 Å². The zero-order chi connectivity index (χ0) is 24.5. The number of thiazole rings is 1. The highest BCUT2D eigenvalue weighted by Crippen LogP contribution is 2.33. The van der Waals surface area contributed by atoms with Crippen molar-refractivity contribution in [1.82, 2.24) is 14.2 Å². The minimum Gasteiger partial charge on any atom is -0.309 e. The molecule has 1 aliphatic heterocycles. The predicted octanol–water partition coefficient (Wildman–Crippen LogP) is 4.30. The van der Waals surface area contributed by atoms with Crippen molar-refractivity contribution in [3.05, 3.63) is 53.1 Å². The van der Waals surface area contributed by atoms with Gasteiger partial charge in [-0.3, -0.25) is 9.69 Å². The first-order valence-corrected chi connectivity index (χ1v) is 13.9. The fourth-order valence-corrected chi connectivity index (χ4v) is 6.99. The largest absolute Gasteiger partial charge is 0.309 e. The molecule has 0 aliphatic carbocycles.